The second kappa shape index (κ2) is 8.06. The molecule has 5 nitrogen and oxygen atoms in total. The Morgan fingerprint density at radius 2 is 1.76 bits per heavy atom. The van der Waals surface area contributed by atoms with E-state index in [2.05, 4.69) is 5.32 Å². The van der Waals surface area contributed by atoms with Gasteiger partial charge >= 0.3 is 0 Å². The summed E-state index contributed by atoms with van der Waals surface area (Å²) >= 11 is 0. The third-order valence-corrected chi connectivity index (χ3v) is 2.49. The van der Waals surface area contributed by atoms with Gasteiger partial charge in [0.05, 0.1) is 0 Å². The first kappa shape index (κ1) is 15.9. The highest BCUT2D eigenvalue weighted by Gasteiger charge is 2.13. The Morgan fingerprint density at radius 3 is 2.18 bits per heavy atom. The maximum absolute atomic E-state index is 11.5. The van der Waals surface area contributed by atoms with E-state index in [1.54, 1.807) is 4.90 Å². The summed E-state index contributed by atoms with van der Waals surface area (Å²) in [4.78, 5) is 26.5. The molecule has 0 atom stereocenters. The summed E-state index contributed by atoms with van der Waals surface area (Å²) in [6.45, 7) is 7.39. The lowest BCUT2D eigenvalue weighted by molar-refractivity contribution is -0.131. The van der Waals surface area contributed by atoms with Crippen molar-refractivity contribution >= 4 is 11.8 Å². The number of carbonyl (C=O) groups excluding carboxylic acids is 2. The van der Waals surface area contributed by atoms with E-state index in [4.69, 9.17) is 0 Å². The molecular weight excluding hydrogens is 218 g/mol. The molecule has 0 radical (unpaired) electrons. The van der Waals surface area contributed by atoms with E-state index in [9.17, 15) is 9.59 Å². The van der Waals surface area contributed by atoms with Gasteiger partial charge in [0, 0.05) is 39.0 Å². The number of rotatable bonds is 7. The average Bonchev–Trinajstić information content (AvgIpc) is 2.15. The smallest absolute Gasteiger partial charge is 0.221 e. The van der Waals surface area contributed by atoms with E-state index in [1.807, 2.05) is 32.8 Å². The van der Waals surface area contributed by atoms with E-state index in [1.165, 1.54) is 6.92 Å². The molecule has 1 N–H and O–H groups in total. The summed E-state index contributed by atoms with van der Waals surface area (Å²) in [6, 6.07) is 0.141. The number of amides is 2. The summed E-state index contributed by atoms with van der Waals surface area (Å²) in [7, 11) is 3.92. The lowest BCUT2D eigenvalue weighted by Gasteiger charge is -2.25. The highest BCUT2D eigenvalue weighted by Crippen LogP contribution is 2.00. The molecule has 0 heterocycles. The first-order chi connectivity index (χ1) is 7.84. The summed E-state index contributed by atoms with van der Waals surface area (Å²) in [5.41, 5.74) is 0. The van der Waals surface area contributed by atoms with Crippen molar-refractivity contribution in [3.63, 3.8) is 0 Å². The molecule has 0 aromatic heterocycles. The van der Waals surface area contributed by atoms with Gasteiger partial charge in [0.2, 0.25) is 11.8 Å². The summed E-state index contributed by atoms with van der Waals surface area (Å²) in [5, 5.41) is 2.83. The van der Waals surface area contributed by atoms with Crippen LogP contribution in [0.1, 0.15) is 27.2 Å². The largest absolute Gasteiger partial charge is 0.355 e. The highest BCUT2D eigenvalue weighted by atomic mass is 16.2. The topological polar surface area (TPSA) is 52.7 Å². The molecule has 0 unspecified atom stereocenters. The van der Waals surface area contributed by atoms with Gasteiger partial charge in [-0.2, -0.15) is 0 Å². The molecule has 0 aromatic carbocycles. The van der Waals surface area contributed by atoms with Gasteiger partial charge in [-0.25, -0.2) is 0 Å². The number of hydrogen-bond donors (Lipinski definition) is 1. The first-order valence-electron chi connectivity index (χ1n) is 6.03. The fraction of sp³-hybridized carbons (Fsp3) is 0.833. The van der Waals surface area contributed by atoms with Crippen LogP contribution < -0.4 is 5.32 Å². The van der Waals surface area contributed by atoms with Gasteiger partial charge in [-0.05, 0) is 27.9 Å². The van der Waals surface area contributed by atoms with Crippen LogP contribution in [-0.2, 0) is 9.59 Å². The van der Waals surface area contributed by atoms with E-state index in [0.29, 0.717) is 19.5 Å². The molecule has 0 aromatic rings. The quantitative estimate of drug-likeness (QED) is 0.700. The Hall–Kier alpha value is -1.10. The molecule has 0 rings (SSSR count). The molecule has 0 bridgehead atoms. The SMILES string of the molecule is CC(=O)N(CCC(=O)NCCN(C)C)C(C)C. The van der Waals surface area contributed by atoms with E-state index < -0.39 is 0 Å². The van der Waals surface area contributed by atoms with Crippen molar-refractivity contribution in [1.82, 2.24) is 15.1 Å². The zero-order valence-corrected chi connectivity index (χ0v) is 11.6. The Morgan fingerprint density at radius 1 is 1.18 bits per heavy atom. The van der Waals surface area contributed by atoms with Crippen LogP contribution in [0.25, 0.3) is 0 Å². The molecule has 0 saturated heterocycles. The monoisotopic (exact) mass is 243 g/mol. The number of likely N-dealkylation sites (N-methyl/N-ethyl adjacent to an activating group) is 1. The minimum Gasteiger partial charge on any atom is -0.355 e. The Balaban J connectivity index is 3.85. The molecule has 5 heteroatoms. The molecular formula is C12H25N3O2. The number of nitrogens with one attached hydrogen (secondary N) is 1. The third-order valence-electron chi connectivity index (χ3n) is 2.49. The minimum atomic E-state index is -0.00116. The summed E-state index contributed by atoms with van der Waals surface area (Å²) in [5.74, 6) is 0.0137. The van der Waals surface area contributed by atoms with Crippen LogP contribution in [0.3, 0.4) is 0 Å². The van der Waals surface area contributed by atoms with Gasteiger partial charge in [-0.15, -0.1) is 0 Å². The zero-order chi connectivity index (χ0) is 13.4. The fourth-order valence-corrected chi connectivity index (χ4v) is 1.51. The van der Waals surface area contributed by atoms with Gasteiger partial charge in [-0.3, -0.25) is 9.59 Å². The molecule has 100 valence electrons. The van der Waals surface area contributed by atoms with Crippen molar-refractivity contribution < 1.29 is 9.59 Å². The maximum atomic E-state index is 11.5. The summed E-state index contributed by atoms with van der Waals surface area (Å²) in [6.07, 6.45) is 0.366. The van der Waals surface area contributed by atoms with Crippen LogP contribution in [-0.4, -0.2) is 61.4 Å². The first-order valence-corrected chi connectivity index (χ1v) is 6.03. The average molecular weight is 243 g/mol. The van der Waals surface area contributed by atoms with Gasteiger partial charge in [0.1, 0.15) is 0 Å². The minimum absolute atomic E-state index is 0.00116. The van der Waals surface area contributed by atoms with Crippen molar-refractivity contribution in [3.05, 3.63) is 0 Å². The Bertz CT molecular complexity index is 252. The molecule has 17 heavy (non-hydrogen) atoms. The standard InChI is InChI=1S/C12H25N3O2/c1-10(2)15(11(3)16)8-6-12(17)13-7-9-14(4)5/h10H,6-9H2,1-5H3,(H,13,17). The van der Waals surface area contributed by atoms with Gasteiger partial charge < -0.3 is 15.1 Å². The summed E-state index contributed by atoms with van der Waals surface area (Å²) < 4.78 is 0. The van der Waals surface area contributed by atoms with Gasteiger partial charge in [0.15, 0.2) is 0 Å². The molecule has 0 saturated carbocycles. The lowest BCUT2D eigenvalue weighted by atomic mass is 10.2. The molecule has 0 spiro atoms. The normalized spacial score (nSPS) is 10.8. The second-order valence-corrected chi connectivity index (χ2v) is 4.71. The highest BCUT2D eigenvalue weighted by molar-refractivity contribution is 5.78. The van der Waals surface area contributed by atoms with Crippen molar-refractivity contribution in [2.45, 2.75) is 33.2 Å². The van der Waals surface area contributed by atoms with E-state index >= 15 is 0 Å². The van der Waals surface area contributed by atoms with E-state index in [-0.39, 0.29) is 17.9 Å². The van der Waals surface area contributed by atoms with Crippen LogP contribution >= 0.6 is 0 Å². The number of nitrogens with zero attached hydrogens (tertiary/aromatic N) is 2. The van der Waals surface area contributed by atoms with Crippen LogP contribution in [0, 0.1) is 0 Å². The van der Waals surface area contributed by atoms with Crippen molar-refractivity contribution in [3.8, 4) is 0 Å². The fourth-order valence-electron chi connectivity index (χ4n) is 1.51. The molecule has 0 aliphatic carbocycles. The van der Waals surface area contributed by atoms with Crippen LogP contribution in [0.2, 0.25) is 0 Å². The maximum Gasteiger partial charge on any atom is 0.221 e. The Kier molecular flexibility index (Phi) is 7.54. The third kappa shape index (κ3) is 7.74. The molecule has 0 aliphatic heterocycles. The zero-order valence-electron chi connectivity index (χ0n) is 11.6. The predicted molar refractivity (Wildman–Crippen MR) is 68.7 cm³/mol. The number of carbonyl (C=O) groups is 2. The van der Waals surface area contributed by atoms with Crippen LogP contribution in [0.5, 0.6) is 0 Å². The van der Waals surface area contributed by atoms with Crippen molar-refractivity contribution in [2.75, 3.05) is 33.7 Å². The molecule has 2 amide bonds. The van der Waals surface area contributed by atoms with Crippen molar-refractivity contribution in [2.24, 2.45) is 0 Å². The second-order valence-electron chi connectivity index (χ2n) is 4.71. The number of hydrogen-bond acceptors (Lipinski definition) is 3. The lowest BCUT2D eigenvalue weighted by Crippen LogP contribution is -2.39. The molecule has 0 fully saturated rings. The van der Waals surface area contributed by atoms with Crippen molar-refractivity contribution in [1.29, 1.82) is 0 Å². The van der Waals surface area contributed by atoms with E-state index in [0.717, 1.165) is 6.54 Å². The predicted octanol–water partition coefficient (Wildman–Crippen LogP) is 0.311. The molecule has 0 aliphatic rings. The van der Waals surface area contributed by atoms with Gasteiger partial charge in [-0.1, -0.05) is 0 Å². The van der Waals surface area contributed by atoms with Gasteiger partial charge in [0.25, 0.3) is 0 Å². The van der Waals surface area contributed by atoms with Crippen LogP contribution in [0.4, 0.5) is 0 Å². The Labute approximate surface area is 104 Å². The van der Waals surface area contributed by atoms with Crippen LogP contribution in [0.15, 0.2) is 0 Å².